The van der Waals surface area contributed by atoms with Gasteiger partial charge >= 0.3 is 0 Å². The standard InChI is InChI=1S/C25H23N3O3S2/c1-17-7-9-18(10-8-17)14-26-24(30)16-32-25-28-21-12-11-19(13-22(21)33-25)27-23(29)15-31-20-5-3-2-4-6-20/h2-13H,14-16H2,1H3,(H,26,30)(H,27,29). The number of rotatable bonds is 9. The Balaban J connectivity index is 1.27. The number of fused-ring (bicyclic) bond motifs is 1. The van der Waals surface area contributed by atoms with Crippen molar-refractivity contribution in [1.82, 2.24) is 10.3 Å². The van der Waals surface area contributed by atoms with Gasteiger partial charge in [0, 0.05) is 12.2 Å². The normalized spacial score (nSPS) is 10.7. The van der Waals surface area contributed by atoms with Gasteiger partial charge in [0.25, 0.3) is 5.91 Å². The van der Waals surface area contributed by atoms with Crippen molar-refractivity contribution in [2.75, 3.05) is 17.7 Å². The van der Waals surface area contributed by atoms with Gasteiger partial charge in [0.05, 0.1) is 16.0 Å². The molecule has 6 nitrogen and oxygen atoms in total. The third-order valence-corrected chi connectivity index (χ3v) is 6.86. The lowest BCUT2D eigenvalue weighted by atomic mass is 10.1. The second kappa shape index (κ2) is 11.0. The molecule has 0 radical (unpaired) electrons. The zero-order valence-electron chi connectivity index (χ0n) is 18.0. The molecule has 0 aliphatic rings. The van der Waals surface area contributed by atoms with Gasteiger partial charge in [-0.1, -0.05) is 59.8 Å². The van der Waals surface area contributed by atoms with Gasteiger partial charge in [-0.3, -0.25) is 9.59 Å². The highest BCUT2D eigenvalue weighted by atomic mass is 32.2. The molecule has 1 aromatic heterocycles. The predicted molar refractivity (Wildman–Crippen MR) is 134 cm³/mol. The number of nitrogens with one attached hydrogen (secondary N) is 2. The number of para-hydroxylation sites is 1. The van der Waals surface area contributed by atoms with Crippen molar-refractivity contribution in [2.45, 2.75) is 17.8 Å². The third kappa shape index (κ3) is 6.81. The van der Waals surface area contributed by atoms with Crippen molar-refractivity contribution in [3.63, 3.8) is 0 Å². The summed E-state index contributed by atoms with van der Waals surface area (Å²) in [4.78, 5) is 29.0. The quantitative estimate of drug-likeness (QED) is 0.331. The van der Waals surface area contributed by atoms with Crippen LogP contribution in [0.2, 0.25) is 0 Å². The van der Waals surface area contributed by atoms with Crippen LogP contribution in [0, 0.1) is 6.92 Å². The first-order chi connectivity index (χ1) is 16.0. The minimum absolute atomic E-state index is 0.0359. The molecule has 0 atom stereocenters. The lowest BCUT2D eigenvalue weighted by molar-refractivity contribution is -0.119. The number of benzene rings is 3. The summed E-state index contributed by atoms with van der Waals surface area (Å²) in [7, 11) is 0. The number of aryl methyl sites for hydroxylation is 1. The van der Waals surface area contributed by atoms with Crippen molar-refractivity contribution >= 4 is 50.8 Å². The molecule has 0 saturated heterocycles. The summed E-state index contributed by atoms with van der Waals surface area (Å²) >= 11 is 2.90. The SMILES string of the molecule is Cc1ccc(CNC(=O)CSc2nc3ccc(NC(=O)COc4ccccc4)cc3s2)cc1. The predicted octanol–water partition coefficient (Wildman–Crippen LogP) is 5.03. The van der Waals surface area contributed by atoms with Crippen LogP contribution in [0.1, 0.15) is 11.1 Å². The van der Waals surface area contributed by atoms with E-state index in [1.807, 2.05) is 67.6 Å². The first kappa shape index (κ1) is 22.8. The van der Waals surface area contributed by atoms with Crippen LogP contribution >= 0.6 is 23.1 Å². The molecule has 0 unspecified atom stereocenters. The Morgan fingerprint density at radius 2 is 1.79 bits per heavy atom. The van der Waals surface area contributed by atoms with Crippen molar-refractivity contribution in [3.8, 4) is 5.75 Å². The van der Waals surface area contributed by atoms with Gasteiger partial charge in [-0.25, -0.2) is 4.98 Å². The number of anilines is 1. The summed E-state index contributed by atoms with van der Waals surface area (Å²) in [6, 6.07) is 22.9. The first-order valence-corrected chi connectivity index (χ1v) is 12.2. The first-order valence-electron chi connectivity index (χ1n) is 10.4. The van der Waals surface area contributed by atoms with Crippen LogP contribution in [0.5, 0.6) is 5.75 Å². The summed E-state index contributed by atoms with van der Waals surface area (Å²) in [5.41, 5.74) is 3.78. The maximum atomic E-state index is 12.2. The number of amides is 2. The Kier molecular flexibility index (Phi) is 7.59. The van der Waals surface area contributed by atoms with E-state index in [9.17, 15) is 9.59 Å². The maximum absolute atomic E-state index is 12.2. The Bertz CT molecular complexity index is 1240. The van der Waals surface area contributed by atoms with Crippen LogP contribution in [-0.2, 0) is 16.1 Å². The van der Waals surface area contributed by atoms with Crippen molar-refractivity contribution in [2.24, 2.45) is 0 Å². The number of carbonyl (C=O) groups is 2. The molecule has 0 aliphatic carbocycles. The van der Waals surface area contributed by atoms with E-state index in [0.29, 0.717) is 23.7 Å². The van der Waals surface area contributed by atoms with E-state index in [2.05, 4.69) is 15.6 Å². The van der Waals surface area contributed by atoms with Crippen LogP contribution in [-0.4, -0.2) is 29.2 Å². The number of ether oxygens (including phenoxy) is 1. The van der Waals surface area contributed by atoms with E-state index in [1.54, 1.807) is 12.1 Å². The summed E-state index contributed by atoms with van der Waals surface area (Å²) < 4.78 is 7.23. The van der Waals surface area contributed by atoms with E-state index < -0.39 is 0 Å². The van der Waals surface area contributed by atoms with E-state index in [1.165, 1.54) is 28.7 Å². The lowest BCUT2D eigenvalue weighted by Crippen LogP contribution is -2.24. The highest BCUT2D eigenvalue weighted by molar-refractivity contribution is 8.01. The average Bonchev–Trinajstić information content (AvgIpc) is 3.24. The zero-order valence-corrected chi connectivity index (χ0v) is 19.7. The number of aromatic nitrogens is 1. The summed E-state index contributed by atoms with van der Waals surface area (Å²) in [6.45, 7) is 2.48. The second-order valence-corrected chi connectivity index (χ2v) is 9.62. The van der Waals surface area contributed by atoms with Gasteiger partial charge in [-0.15, -0.1) is 11.3 Å². The highest BCUT2D eigenvalue weighted by Gasteiger charge is 2.10. The monoisotopic (exact) mass is 477 g/mol. The molecule has 0 aliphatic heterocycles. The molecule has 3 aromatic carbocycles. The van der Waals surface area contributed by atoms with Crippen molar-refractivity contribution in [3.05, 3.63) is 83.9 Å². The Labute approximate surface area is 200 Å². The van der Waals surface area contributed by atoms with Crippen LogP contribution in [0.3, 0.4) is 0 Å². The van der Waals surface area contributed by atoms with E-state index in [4.69, 9.17) is 4.74 Å². The lowest BCUT2D eigenvalue weighted by Gasteiger charge is -2.07. The maximum Gasteiger partial charge on any atom is 0.262 e. The molecule has 0 spiro atoms. The number of carbonyl (C=O) groups excluding carboxylic acids is 2. The largest absolute Gasteiger partial charge is 0.484 e. The Hall–Kier alpha value is -3.36. The molecule has 4 rings (SSSR count). The van der Waals surface area contributed by atoms with Crippen molar-refractivity contribution in [1.29, 1.82) is 0 Å². The topological polar surface area (TPSA) is 80.3 Å². The highest BCUT2D eigenvalue weighted by Crippen LogP contribution is 2.31. The molecule has 2 amide bonds. The van der Waals surface area contributed by atoms with Gasteiger partial charge in [0.2, 0.25) is 5.91 Å². The summed E-state index contributed by atoms with van der Waals surface area (Å²) in [5.74, 6) is 0.676. The molecule has 168 valence electrons. The van der Waals surface area contributed by atoms with Crippen LogP contribution in [0.15, 0.2) is 77.1 Å². The molecule has 4 aromatic rings. The van der Waals surface area contributed by atoms with Gasteiger partial charge in [-0.05, 0) is 42.8 Å². The molecule has 0 saturated carbocycles. The molecule has 0 bridgehead atoms. The van der Waals surface area contributed by atoms with Crippen LogP contribution < -0.4 is 15.4 Å². The summed E-state index contributed by atoms with van der Waals surface area (Å²) in [6.07, 6.45) is 0. The number of hydrogen-bond acceptors (Lipinski definition) is 6. The molecular weight excluding hydrogens is 454 g/mol. The number of nitrogens with zero attached hydrogens (tertiary/aromatic N) is 1. The number of thiazole rings is 1. The van der Waals surface area contributed by atoms with E-state index >= 15 is 0 Å². The Morgan fingerprint density at radius 3 is 2.58 bits per heavy atom. The molecular formula is C25H23N3O3S2. The summed E-state index contributed by atoms with van der Waals surface area (Å²) in [5, 5.41) is 5.78. The second-order valence-electron chi connectivity index (χ2n) is 7.36. The Morgan fingerprint density at radius 1 is 1.00 bits per heavy atom. The molecule has 2 N–H and O–H groups in total. The number of thioether (sulfide) groups is 1. The van der Waals surface area contributed by atoms with E-state index in [-0.39, 0.29) is 18.4 Å². The van der Waals surface area contributed by atoms with Gasteiger partial charge in [-0.2, -0.15) is 0 Å². The van der Waals surface area contributed by atoms with Gasteiger partial charge in [0.15, 0.2) is 10.9 Å². The van der Waals surface area contributed by atoms with Crippen molar-refractivity contribution < 1.29 is 14.3 Å². The van der Waals surface area contributed by atoms with Crippen LogP contribution in [0.4, 0.5) is 5.69 Å². The fourth-order valence-corrected chi connectivity index (χ4v) is 4.93. The van der Waals surface area contributed by atoms with Crippen LogP contribution in [0.25, 0.3) is 10.2 Å². The fraction of sp³-hybridized carbons (Fsp3) is 0.160. The molecule has 8 heteroatoms. The van der Waals surface area contributed by atoms with Gasteiger partial charge in [0.1, 0.15) is 5.75 Å². The average molecular weight is 478 g/mol. The molecule has 33 heavy (non-hydrogen) atoms. The zero-order chi connectivity index (χ0) is 23.0. The molecule has 1 heterocycles. The third-order valence-electron chi connectivity index (χ3n) is 4.70. The van der Waals surface area contributed by atoms with Gasteiger partial charge < -0.3 is 15.4 Å². The minimum Gasteiger partial charge on any atom is -0.484 e. The number of hydrogen-bond donors (Lipinski definition) is 2. The fourth-order valence-electron chi connectivity index (χ4n) is 2.99. The van der Waals surface area contributed by atoms with E-state index in [0.717, 1.165) is 20.1 Å². The smallest absolute Gasteiger partial charge is 0.262 e. The molecule has 0 fully saturated rings. The minimum atomic E-state index is -0.234.